The number of rotatable bonds is 2. The summed E-state index contributed by atoms with van der Waals surface area (Å²) in [5.74, 6) is 1.20. The Kier molecular flexibility index (Phi) is 2.75. The van der Waals surface area contributed by atoms with Crippen LogP contribution in [0, 0.1) is 10.1 Å². The van der Waals surface area contributed by atoms with Gasteiger partial charge in [-0.2, -0.15) is 0 Å². The summed E-state index contributed by atoms with van der Waals surface area (Å²) >= 11 is 0. The average Bonchev–Trinajstić information content (AvgIpc) is 2.95. The molecule has 0 fully saturated rings. The fraction of sp³-hybridized carbons (Fsp3) is 0. The number of nitro benzene ring substituents is 1. The van der Waals surface area contributed by atoms with Crippen LogP contribution in [0.2, 0.25) is 0 Å². The van der Waals surface area contributed by atoms with E-state index in [-0.39, 0.29) is 5.69 Å². The smallest absolute Gasteiger partial charge is 0.519 e. The maximum Gasteiger partial charge on any atom is 0.639 e. The Balaban J connectivity index is 1.76. The Morgan fingerprint density at radius 3 is 2.00 bits per heavy atom. The van der Waals surface area contributed by atoms with Crippen molar-refractivity contribution in [1.29, 1.82) is 0 Å². The van der Waals surface area contributed by atoms with Gasteiger partial charge in [-0.25, -0.2) is 0 Å². The van der Waals surface area contributed by atoms with Crippen LogP contribution in [0.15, 0.2) is 60.7 Å². The van der Waals surface area contributed by atoms with Gasteiger partial charge in [0.2, 0.25) is 0 Å². The normalized spacial score (nSPS) is 12.6. The maximum atomic E-state index is 11.1. The van der Waals surface area contributed by atoms with E-state index in [0.29, 0.717) is 17.0 Å². The molecule has 106 valence electrons. The molecule has 0 spiro atoms. The molecular weight excluding hydrogens is 281 g/mol. The molecule has 0 saturated heterocycles. The molecule has 6 heteroatoms. The molecule has 0 atom stereocenters. The second kappa shape index (κ2) is 4.77. The summed E-state index contributed by atoms with van der Waals surface area (Å²) < 4.78 is 11.5. The number of fused-ring (bicyclic) bond motifs is 2. The first-order valence-corrected chi connectivity index (χ1v) is 6.82. The van der Waals surface area contributed by atoms with Crippen LogP contribution in [0.5, 0.6) is 11.5 Å². The number of para-hydroxylation sites is 1. The van der Waals surface area contributed by atoms with Crippen LogP contribution in [0.25, 0.3) is 10.8 Å². The molecule has 0 amide bonds. The van der Waals surface area contributed by atoms with E-state index in [4.69, 9.17) is 9.31 Å². The van der Waals surface area contributed by atoms with Gasteiger partial charge in [0, 0.05) is 6.07 Å². The van der Waals surface area contributed by atoms with E-state index in [1.165, 1.54) is 6.07 Å². The minimum atomic E-state index is -0.798. The maximum absolute atomic E-state index is 11.1. The Labute approximate surface area is 126 Å². The highest BCUT2D eigenvalue weighted by atomic mass is 16.6. The van der Waals surface area contributed by atoms with E-state index in [0.717, 1.165) is 10.8 Å². The molecule has 0 N–H and O–H groups in total. The quantitative estimate of drug-likeness (QED) is 0.414. The molecule has 0 radical (unpaired) electrons. The minimum absolute atomic E-state index is 0.00939. The summed E-state index contributed by atoms with van der Waals surface area (Å²) in [6, 6.07) is 18.1. The van der Waals surface area contributed by atoms with Gasteiger partial charge in [0.05, 0.1) is 10.4 Å². The molecule has 0 unspecified atom stereocenters. The number of benzene rings is 3. The van der Waals surface area contributed by atoms with Crippen molar-refractivity contribution in [3.05, 3.63) is 70.8 Å². The predicted octanol–water partition coefficient (Wildman–Crippen LogP) is 2.91. The lowest BCUT2D eigenvalue weighted by molar-refractivity contribution is -0.383. The molecule has 1 heterocycles. The highest BCUT2D eigenvalue weighted by Crippen LogP contribution is 2.37. The van der Waals surface area contributed by atoms with E-state index in [9.17, 15) is 10.1 Å². The molecule has 3 aromatic carbocycles. The van der Waals surface area contributed by atoms with Crippen molar-refractivity contribution in [2.45, 2.75) is 0 Å². The van der Waals surface area contributed by atoms with E-state index in [1.807, 2.05) is 36.4 Å². The van der Waals surface area contributed by atoms with Crippen molar-refractivity contribution < 1.29 is 14.2 Å². The van der Waals surface area contributed by atoms with Gasteiger partial charge in [-0.1, -0.05) is 42.5 Å². The van der Waals surface area contributed by atoms with Gasteiger partial charge < -0.3 is 9.31 Å². The van der Waals surface area contributed by atoms with Crippen LogP contribution >= 0.6 is 0 Å². The molecule has 1 aliphatic heterocycles. The van der Waals surface area contributed by atoms with E-state index in [2.05, 4.69) is 0 Å². The molecule has 22 heavy (non-hydrogen) atoms. The lowest BCUT2D eigenvalue weighted by atomic mass is 9.78. The first-order valence-electron chi connectivity index (χ1n) is 6.82. The highest BCUT2D eigenvalue weighted by molar-refractivity contribution is 6.65. The van der Waals surface area contributed by atoms with Crippen molar-refractivity contribution in [3.8, 4) is 11.5 Å². The van der Waals surface area contributed by atoms with E-state index < -0.39 is 12.0 Å². The van der Waals surface area contributed by atoms with Gasteiger partial charge in [-0.15, -0.1) is 0 Å². The van der Waals surface area contributed by atoms with Gasteiger partial charge in [0.25, 0.3) is 5.69 Å². The third-order valence-corrected chi connectivity index (χ3v) is 3.67. The largest absolute Gasteiger partial charge is 0.639 e. The SMILES string of the molecule is O=[N+]([O-])c1ccccc1B1Oc2cc3ccccc3cc2O1. The third-order valence-electron chi connectivity index (χ3n) is 3.67. The molecule has 0 aliphatic carbocycles. The fourth-order valence-electron chi connectivity index (χ4n) is 2.62. The lowest BCUT2D eigenvalue weighted by Gasteiger charge is -2.05. The summed E-state index contributed by atoms with van der Waals surface area (Å²) in [5, 5.41) is 13.2. The monoisotopic (exact) mass is 291 g/mol. The van der Waals surface area contributed by atoms with Crippen LogP contribution < -0.4 is 14.8 Å². The predicted molar refractivity (Wildman–Crippen MR) is 83.7 cm³/mol. The summed E-state index contributed by atoms with van der Waals surface area (Å²) in [6.45, 7) is 0. The number of hydrogen-bond donors (Lipinski definition) is 0. The van der Waals surface area contributed by atoms with Crippen molar-refractivity contribution in [1.82, 2.24) is 0 Å². The molecule has 3 aromatic rings. The van der Waals surface area contributed by atoms with Crippen molar-refractivity contribution >= 4 is 29.0 Å². The Bertz CT molecular complexity index is 852. The van der Waals surface area contributed by atoms with Crippen LogP contribution in [0.4, 0.5) is 5.69 Å². The number of nitro groups is 1. The van der Waals surface area contributed by atoms with Crippen molar-refractivity contribution in [2.75, 3.05) is 0 Å². The second-order valence-electron chi connectivity index (χ2n) is 5.03. The molecule has 0 saturated carbocycles. The standard InChI is InChI=1S/C16H10BNO4/c19-18(20)14-8-4-3-7-13(14)17-21-15-9-11-5-1-2-6-12(11)10-16(15)22-17/h1-10H. The van der Waals surface area contributed by atoms with Gasteiger partial charge in [-0.05, 0) is 22.9 Å². The molecule has 4 rings (SSSR count). The van der Waals surface area contributed by atoms with Crippen LogP contribution in [0.1, 0.15) is 0 Å². The zero-order valence-corrected chi connectivity index (χ0v) is 11.4. The van der Waals surface area contributed by atoms with Gasteiger partial charge in [0.1, 0.15) is 11.5 Å². The van der Waals surface area contributed by atoms with Crippen LogP contribution in [0.3, 0.4) is 0 Å². The molecule has 1 aliphatic rings. The second-order valence-corrected chi connectivity index (χ2v) is 5.03. The van der Waals surface area contributed by atoms with Crippen LogP contribution in [-0.4, -0.2) is 12.0 Å². The Morgan fingerprint density at radius 1 is 0.864 bits per heavy atom. The van der Waals surface area contributed by atoms with Crippen LogP contribution in [-0.2, 0) is 0 Å². The first kappa shape index (κ1) is 12.7. The van der Waals surface area contributed by atoms with Gasteiger partial charge in [-0.3, -0.25) is 10.1 Å². The topological polar surface area (TPSA) is 61.6 Å². The highest BCUT2D eigenvalue weighted by Gasteiger charge is 2.39. The summed E-state index contributed by atoms with van der Waals surface area (Å²) in [7, 11) is -0.798. The zero-order valence-electron chi connectivity index (χ0n) is 11.4. The third kappa shape index (κ3) is 1.97. The Hall–Kier alpha value is -3.02. The number of nitrogens with zero attached hydrogens (tertiary/aromatic N) is 1. The lowest BCUT2D eigenvalue weighted by Crippen LogP contribution is -2.40. The Morgan fingerprint density at radius 2 is 1.41 bits per heavy atom. The first-order chi connectivity index (χ1) is 10.7. The van der Waals surface area contributed by atoms with E-state index in [1.54, 1.807) is 18.2 Å². The van der Waals surface area contributed by atoms with Gasteiger partial charge in [0.15, 0.2) is 0 Å². The van der Waals surface area contributed by atoms with Crippen molar-refractivity contribution in [2.24, 2.45) is 0 Å². The molecule has 0 bridgehead atoms. The van der Waals surface area contributed by atoms with Crippen molar-refractivity contribution in [3.63, 3.8) is 0 Å². The molecule has 5 nitrogen and oxygen atoms in total. The van der Waals surface area contributed by atoms with E-state index >= 15 is 0 Å². The minimum Gasteiger partial charge on any atom is -0.519 e. The average molecular weight is 291 g/mol. The molecular formula is C16H10BNO4. The summed E-state index contributed by atoms with van der Waals surface area (Å²) in [5.41, 5.74) is 0.401. The fourth-order valence-corrected chi connectivity index (χ4v) is 2.62. The zero-order chi connectivity index (χ0) is 15.1. The molecule has 0 aromatic heterocycles. The number of hydrogen-bond acceptors (Lipinski definition) is 4. The van der Waals surface area contributed by atoms with Gasteiger partial charge >= 0.3 is 7.12 Å². The summed E-state index contributed by atoms with van der Waals surface area (Å²) in [6.07, 6.45) is 0. The summed E-state index contributed by atoms with van der Waals surface area (Å²) in [4.78, 5) is 10.7.